The van der Waals surface area contributed by atoms with Crippen LogP contribution in [0, 0.1) is 0 Å². The summed E-state index contributed by atoms with van der Waals surface area (Å²) in [6.07, 6.45) is 0. The number of nitrogens with one attached hydrogen (secondary N) is 1. The molecule has 3 aromatic rings. The van der Waals surface area contributed by atoms with E-state index in [0.717, 1.165) is 0 Å². The fourth-order valence-corrected chi connectivity index (χ4v) is 3.41. The molecular formula is C16H15NO4S. The van der Waals surface area contributed by atoms with Gasteiger partial charge in [0.25, 0.3) is 10.0 Å². The van der Waals surface area contributed by atoms with Crippen LogP contribution in [0.3, 0.4) is 0 Å². The van der Waals surface area contributed by atoms with Crippen molar-refractivity contribution in [2.24, 2.45) is 0 Å². The van der Waals surface area contributed by atoms with Crippen LogP contribution in [0.1, 0.15) is 11.6 Å². The van der Waals surface area contributed by atoms with Gasteiger partial charge in [-0.05, 0) is 11.6 Å². The van der Waals surface area contributed by atoms with Crippen molar-refractivity contribution in [2.45, 2.75) is 11.1 Å². The van der Waals surface area contributed by atoms with Crippen LogP contribution in [0.2, 0.25) is 0 Å². The second-order valence-corrected chi connectivity index (χ2v) is 6.52. The van der Waals surface area contributed by atoms with E-state index >= 15 is 0 Å². The molecule has 1 heterocycles. The highest BCUT2D eigenvalue weighted by molar-refractivity contribution is 7.89. The van der Waals surface area contributed by atoms with Crippen molar-refractivity contribution in [3.8, 4) is 0 Å². The number of para-hydroxylation sites is 1. The van der Waals surface area contributed by atoms with Gasteiger partial charge in [-0.3, -0.25) is 0 Å². The number of hydrogen-bond donors (Lipinski definition) is 2. The maximum absolute atomic E-state index is 12.4. The fraction of sp³-hybridized carbons (Fsp3) is 0.125. The molecule has 3 rings (SSSR count). The van der Waals surface area contributed by atoms with E-state index in [1.807, 2.05) is 12.1 Å². The molecule has 0 radical (unpaired) electrons. The number of hydrogen-bond acceptors (Lipinski definition) is 4. The van der Waals surface area contributed by atoms with Crippen molar-refractivity contribution in [1.29, 1.82) is 0 Å². The fourth-order valence-electron chi connectivity index (χ4n) is 2.23. The Hall–Kier alpha value is -2.15. The van der Waals surface area contributed by atoms with Gasteiger partial charge in [0.05, 0.1) is 12.6 Å². The van der Waals surface area contributed by atoms with E-state index in [4.69, 9.17) is 4.42 Å². The molecule has 0 amide bonds. The van der Waals surface area contributed by atoms with Crippen LogP contribution in [-0.2, 0) is 10.0 Å². The number of rotatable bonds is 5. The Morgan fingerprint density at radius 3 is 2.41 bits per heavy atom. The lowest BCUT2D eigenvalue weighted by molar-refractivity contribution is 0.258. The SMILES string of the molecule is O=S(=O)(NC(CO)c1ccccc1)c1cc2ccccc2o1. The van der Waals surface area contributed by atoms with Crippen molar-refractivity contribution in [3.05, 3.63) is 66.2 Å². The molecule has 2 aromatic carbocycles. The maximum Gasteiger partial charge on any atom is 0.274 e. The second kappa shape index (κ2) is 5.92. The van der Waals surface area contributed by atoms with Crippen LogP contribution in [0.25, 0.3) is 11.0 Å². The standard InChI is InChI=1S/C16H15NO4S/c18-11-14(12-6-2-1-3-7-12)17-22(19,20)16-10-13-8-4-5-9-15(13)21-16/h1-10,14,17-18H,11H2. The smallest absolute Gasteiger partial charge is 0.274 e. The Labute approximate surface area is 128 Å². The van der Waals surface area contributed by atoms with E-state index in [2.05, 4.69) is 4.72 Å². The average Bonchev–Trinajstić information content (AvgIpc) is 2.98. The molecule has 0 fully saturated rings. The molecule has 0 aliphatic heterocycles. The summed E-state index contributed by atoms with van der Waals surface area (Å²) in [5.74, 6) is 0. The summed E-state index contributed by atoms with van der Waals surface area (Å²) in [7, 11) is -3.86. The topological polar surface area (TPSA) is 79.5 Å². The minimum absolute atomic E-state index is 0.164. The monoisotopic (exact) mass is 317 g/mol. The van der Waals surface area contributed by atoms with Gasteiger partial charge < -0.3 is 9.52 Å². The Kier molecular flexibility index (Phi) is 3.98. The number of benzene rings is 2. The van der Waals surface area contributed by atoms with Gasteiger partial charge in [0.2, 0.25) is 5.09 Å². The summed E-state index contributed by atoms with van der Waals surface area (Å²) in [4.78, 5) is 0. The molecule has 114 valence electrons. The van der Waals surface area contributed by atoms with Crippen molar-refractivity contribution < 1.29 is 17.9 Å². The zero-order valence-corrected chi connectivity index (χ0v) is 12.5. The number of furan rings is 1. The summed E-state index contributed by atoms with van der Waals surface area (Å²) in [6.45, 7) is -0.344. The van der Waals surface area contributed by atoms with Crippen LogP contribution < -0.4 is 4.72 Å². The first-order chi connectivity index (χ1) is 10.6. The van der Waals surface area contributed by atoms with E-state index in [1.165, 1.54) is 6.07 Å². The molecule has 5 nitrogen and oxygen atoms in total. The van der Waals surface area contributed by atoms with Gasteiger partial charge in [0.15, 0.2) is 0 Å². The highest BCUT2D eigenvalue weighted by atomic mass is 32.2. The maximum atomic E-state index is 12.4. The predicted molar refractivity (Wildman–Crippen MR) is 82.8 cm³/mol. The highest BCUT2D eigenvalue weighted by Crippen LogP contribution is 2.24. The number of aliphatic hydroxyl groups excluding tert-OH is 1. The second-order valence-electron chi connectivity index (χ2n) is 4.87. The molecule has 1 atom stereocenters. The first-order valence-electron chi connectivity index (χ1n) is 6.77. The number of aliphatic hydroxyl groups is 1. The van der Waals surface area contributed by atoms with Gasteiger partial charge in [-0.25, -0.2) is 8.42 Å². The van der Waals surface area contributed by atoms with E-state index in [1.54, 1.807) is 42.5 Å². The van der Waals surface area contributed by atoms with E-state index in [-0.39, 0.29) is 11.7 Å². The van der Waals surface area contributed by atoms with Gasteiger partial charge >= 0.3 is 0 Å². The quantitative estimate of drug-likeness (QED) is 0.757. The minimum atomic E-state index is -3.86. The van der Waals surface area contributed by atoms with E-state index < -0.39 is 16.1 Å². The molecule has 1 unspecified atom stereocenters. The third kappa shape index (κ3) is 2.89. The van der Waals surface area contributed by atoms with Crippen molar-refractivity contribution in [2.75, 3.05) is 6.61 Å². The first kappa shape index (κ1) is 14.8. The van der Waals surface area contributed by atoms with E-state index in [0.29, 0.717) is 16.5 Å². The lowest BCUT2D eigenvalue weighted by Gasteiger charge is -2.15. The van der Waals surface area contributed by atoms with Gasteiger partial charge in [-0.1, -0.05) is 48.5 Å². The molecule has 0 saturated heterocycles. The van der Waals surface area contributed by atoms with Crippen LogP contribution >= 0.6 is 0 Å². The molecule has 0 spiro atoms. The minimum Gasteiger partial charge on any atom is -0.443 e. The summed E-state index contributed by atoms with van der Waals surface area (Å²) in [5.41, 5.74) is 1.19. The molecule has 22 heavy (non-hydrogen) atoms. The first-order valence-corrected chi connectivity index (χ1v) is 8.25. The average molecular weight is 317 g/mol. The van der Waals surface area contributed by atoms with Crippen molar-refractivity contribution in [1.82, 2.24) is 4.72 Å². The zero-order chi connectivity index (χ0) is 15.6. The summed E-state index contributed by atoms with van der Waals surface area (Å²) >= 11 is 0. The number of fused-ring (bicyclic) bond motifs is 1. The summed E-state index contributed by atoms with van der Waals surface area (Å²) < 4.78 is 32.7. The summed E-state index contributed by atoms with van der Waals surface area (Å²) in [5, 5.41) is 10.0. The van der Waals surface area contributed by atoms with Crippen LogP contribution in [0.15, 0.2) is 70.2 Å². The lowest BCUT2D eigenvalue weighted by Crippen LogP contribution is -2.30. The predicted octanol–water partition coefficient (Wildman–Crippen LogP) is 2.44. The largest absolute Gasteiger partial charge is 0.443 e. The molecule has 0 saturated carbocycles. The third-order valence-electron chi connectivity index (χ3n) is 3.35. The summed E-state index contributed by atoms with van der Waals surface area (Å²) in [6, 6.07) is 16.7. The molecule has 6 heteroatoms. The molecule has 2 N–H and O–H groups in total. The lowest BCUT2D eigenvalue weighted by atomic mass is 10.1. The molecule has 1 aromatic heterocycles. The Morgan fingerprint density at radius 1 is 1.05 bits per heavy atom. The van der Waals surface area contributed by atoms with Crippen LogP contribution in [0.5, 0.6) is 0 Å². The highest BCUT2D eigenvalue weighted by Gasteiger charge is 2.24. The molecule has 0 aliphatic rings. The molecule has 0 bridgehead atoms. The van der Waals surface area contributed by atoms with Crippen molar-refractivity contribution >= 4 is 21.0 Å². The Bertz CT molecular complexity index is 838. The normalized spacial score (nSPS) is 13.3. The number of sulfonamides is 1. The van der Waals surface area contributed by atoms with Crippen LogP contribution in [-0.4, -0.2) is 20.1 Å². The van der Waals surface area contributed by atoms with Gasteiger partial charge in [-0.2, -0.15) is 4.72 Å². The Morgan fingerprint density at radius 2 is 1.73 bits per heavy atom. The molecule has 0 aliphatic carbocycles. The van der Waals surface area contributed by atoms with Crippen molar-refractivity contribution in [3.63, 3.8) is 0 Å². The van der Waals surface area contributed by atoms with E-state index in [9.17, 15) is 13.5 Å². The van der Waals surface area contributed by atoms with Gasteiger partial charge in [0, 0.05) is 11.5 Å². The zero-order valence-electron chi connectivity index (χ0n) is 11.6. The van der Waals surface area contributed by atoms with Gasteiger partial charge in [-0.15, -0.1) is 0 Å². The Balaban J connectivity index is 1.92. The third-order valence-corrected chi connectivity index (χ3v) is 4.68. The van der Waals surface area contributed by atoms with Gasteiger partial charge in [0.1, 0.15) is 5.58 Å². The molecular weight excluding hydrogens is 302 g/mol. The van der Waals surface area contributed by atoms with Crippen LogP contribution in [0.4, 0.5) is 0 Å².